The van der Waals surface area contributed by atoms with Crippen molar-refractivity contribution in [3.63, 3.8) is 0 Å². The number of nitrogens with one attached hydrogen (secondary N) is 1. The molecule has 1 N–H and O–H groups in total. The van der Waals surface area contributed by atoms with Crippen molar-refractivity contribution < 1.29 is 18.1 Å². The average molecular weight is 422 g/mol. The lowest BCUT2D eigenvalue weighted by Gasteiger charge is -2.06. The lowest BCUT2D eigenvalue weighted by atomic mass is 10.0. The standard InChI is InChI=1S/C23H19FN2O3S/c1-28-17-11-7-15(8-12-17)21-22(16-9-13-18(29-2)14-10-16)26-23(25-21)30(27)20-6-4-3-5-19(20)24/h3-14H,1-2H3,(H,25,26). The zero-order valence-electron chi connectivity index (χ0n) is 16.4. The van der Waals surface area contributed by atoms with Crippen LogP contribution < -0.4 is 9.47 Å². The molecule has 1 atom stereocenters. The summed E-state index contributed by atoms with van der Waals surface area (Å²) in [5.74, 6) is 0.902. The van der Waals surface area contributed by atoms with Crippen molar-refractivity contribution in [2.75, 3.05) is 14.2 Å². The van der Waals surface area contributed by atoms with E-state index < -0.39 is 16.6 Å². The van der Waals surface area contributed by atoms with E-state index in [9.17, 15) is 8.60 Å². The molecule has 1 unspecified atom stereocenters. The van der Waals surface area contributed by atoms with E-state index in [0.717, 1.165) is 22.6 Å². The molecule has 152 valence electrons. The number of imidazole rings is 1. The second-order valence-corrected chi connectivity index (χ2v) is 7.79. The molecule has 0 bridgehead atoms. The van der Waals surface area contributed by atoms with Crippen molar-refractivity contribution in [1.82, 2.24) is 9.97 Å². The van der Waals surface area contributed by atoms with Crippen LogP contribution >= 0.6 is 0 Å². The van der Waals surface area contributed by atoms with Gasteiger partial charge in [0, 0.05) is 11.1 Å². The van der Waals surface area contributed by atoms with Gasteiger partial charge in [0.15, 0.2) is 0 Å². The number of hydrogen-bond donors (Lipinski definition) is 1. The Morgan fingerprint density at radius 1 is 0.833 bits per heavy atom. The molecule has 1 heterocycles. The van der Waals surface area contributed by atoms with Crippen LogP contribution in [0.5, 0.6) is 11.5 Å². The molecule has 4 rings (SSSR count). The normalized spacial score (nSPS) is 11.8. The molecule has 5 nitrogen and oxygen atoms in total. The summed E-state index contributed by atoms with van der Waals surface area (Å²) in [7, 11) is 1.40. The molecule has 0 spiro atoms. The Bertz CT molecular complexity index is 1120. The van der Waals surface area contributed by atoms with Crippen molar-refractivity contribution in [3.8, 4) is 34.0 Å². The number of halogens is 1. The van der Waals surface area contributed by atoms with Gasteiger partial charge in [0.1, 0.15) is 28.1 Å². The van der Waals surface area contributed by atoms with Crippen molar-refractivity contribution in [3.05, 3.63) is 78.6 Å². The van der Waals surface area contributed by atoms with Crippen LogP contribution in [0.25, 0.3) is 22.5 Å². The molecule has 1 aromatic heterocycles. The first-order valence-corrected chi connectivity index (χ1v) is 10.3. The highest BCUT2D eigenvalue weighted by Crippen LogP contribution is 2.33. The number of hydrogen-bond acceptors (Lipinski definition) is 4. The van der Waals surface area contributed by atoms with E-state index in [1.54, 1.807) is 26.4 Å². The largest absolute Gasteiger partial charge is 0.497 e. The summed E-state index contributed by atoms with van der Waals surface area (Å²) in [6, 6.07) is 20.8. The van der Waals surface area contributed by atoms with Gasteiger partial charge in [-0.25, -0.2) is 13.6 Å². The highest BCUT2D eigenvalue weighted by Gasteiger charge is 2.20. The third-order valence-electron chi connectivity index (χ3n) is 4.64. The Labute approximate surface area is 176 Å². The third kappa shape index (κ3) is 3.84. The summed E-state index contributed by atoms with van der Waals surface area (Å²) in [6.07, 6.45) is 0. The number of aromatic nitrogens is 2. The van der Waals surface area contributed by atoms with E-state index in [1.807, 2.05) is 48.5 Å². The van der Waals surface area contributed by atoms with Gasteiger partial charge in [0.2, 0.25) is 5.16 Å². The fourth-order valence-electron chi connectivity index (χ4n) is 3.06. The SMILES string of the molecule is COc1ccc(-c2nc(S(=O)c3ccccc3F)[nH]c2-c2ccc(OC)cc2)cc1. The maximum absolute atomic E-state index is 14.2. The molecule has 0 radical (unpaired) electrons. The van der Waals surface area contributed by atoms with Gasteiger partial charge in [-0.1, -0.05) is 12.1 Å². The molecule has 0 fully saturated rings. The number of nitrogens with zero attached hydrogens (tertiary/aromatic N) is 1. The van der Waals surface area contributed by atoms with Crippen LogP contribution in [0.2, 0.25) is 0 Å². The number of methoxy groups -OCH3 is 2. The monoisotopic (exact) mass is 422 g/mol. The Balaban J connectivity index is 1.83. The third-order valence-corrected chi connectivity index (χ3v) is 5.91. The predicted octanol–water partition coefficient (Wildman–Crippen LogP) is 5.07. The smallest absolute Gasteiger partial charge is 0.202 e. The van der Waals surface area contributed by atoms with Crippen molar-refractivity contribution in [2.45, 2.75) is 10.1 Å². The summed E-state index contributed by atoms with van der Waals surface area (Å²) in [5, 5.41) is 0.178. The minimum absolute atomic E-state index is 0.0776. The molecule has 3 aromatic carbocycles. The molecule has 0 saturated carbocycles. The quantitative estimate of drug-likeness (QED) is 0.471. The molecule has 0 aliphatic carbocycles. The molecule has 30 heavy (non-hydrogen) atoms. The lowest BCUT2D eigenvalue weighted by Crippen LogP contribution is -1.98. The van der Waals surface area contributed by atoms with E-state index in [1.165, 1.54) is 12.1 Å². The molecule has 7 heteroatoms. The van der Waals surface area contributed by atoms with Crippen molar-refractivity contribution >= 4 is 10.8 Å². The van der Waals surface area contributed by atoms with Gasteiger partial charge < -0.3 is 14.5 Å². The molecular formula is C23H19FN2O3S. The van der Waals surface area contributed by atoms with Gasteiger partial charge in [-0.3, -0.25) is 0 Å². The van der Waals surface area contributed by atoms with Crippen LogP contribution in [-0.4, -0.2) is 28.4 Å². The number of ether oxygens (including phenoxy) is 2. The molecule has 0 amide bonds. The predicted molar refractivity (Wildman–Crippen MR) is 114 cm³/mol. The molecular weight excluding hydrogens is 403 g/mol. The van der Waals surface area contributed by atoms with Gasteiger partial charge in [0.25, 0.3) is 0 Å². The number of benzene rings is 3. The minimum atomic E-state index is -1.80. The van der Waals surface area contributed by atoms with E-state index in [4.69, 9.17) is 9.47 Å². The summed E-state index contributed by atoms with van der Waals surface area (Å²) in [6.45, 7) is 0. The van der Waals surface area contributed by atoms with Crippen LogP contribution in [0.4, 0.5) is 4.39 Å². The zero-order valence-corrected chi connectivity index (χ0v) is 17.2. The number of rotatable bonds is 6. The van der Waals surface area contributed by atoms with Gasteiger partial charge in [0.05, 0.1) is 30.5 Å². The van der Waals surface area contributed by atoms with E-state index in [0.29, 0.717) is 11.4 Å². The van der Waals surface area contributed by atoms with Crippen LogP contribution in [0.1, 0.15) is 0 Å². The van der Waals surface area contributed by atoms with Crippen LogP contribution in [-0.2, 0) is 10.8 Å². The number of aromatic amines is 1. The highest BCUT2D eigenvalue weighted by atomic mass is 32.2. The highest BCUT2D eigenvalue weighted by molar-refractivity contribution is 7.85. The van der Waals surface area contributed by atoms with Crippen LogP contribution in [0, 0.1) is 5.82 Å². The lowest BCUT2D eigenvalue weighted by molar-refractivity contribution is 0.414. The fraction of sp³-hybridized carbons (Fsp3) is 0.0870. The van der Waals surface area contributed by atoms with Gasteiger partial charge in [-0.2, -0.15) is 0 Å². The summed E-state index contributed by atoms with van der Waals surface area (Å²) in [4.78, 5) is 7.79. The van der Waals surface area contributed by atoms with E-state index in [-0.39, 0.29) is 10.1 Å². The topological polar surface area (TPSA) is 64.2 Å². The Morgan fingerprint density at radius 2 is 1.40 bits per heavy atom. The first-order valence-electron chi connectivity index (χ1n) is 9.16. The van der Waals surface area contributed by atoms with Gasteiger partial charge >= 0.3 is 0 Å². The van der Waals surface area contributed by atoms with Crippen molar-refractivity contribution in [2.24, 2.45) is 0 Å². The first kappa shape index (κ1) is 19.8. The Hall–Kier alpha value is -3.45. The average Bonchev–Trinajstić information content (AvgIpc) is 3.24. The molecule has 0 aliphatic heterocycles. The maximum Gasteiger partial charge on any atom is 0.202 e. The molecule has 4 aromatic rings. The van der Waals surface area contributed by atoms with Crippen molar-refractivity contribution in [1.29, 1.82) is 0 Å². The second kappa shape index (κ2) is 8.51. The Kier molecular flexibility index (Phi) is 5.63. The van der Waals surface area contributed by atoms with Crippen LogP contribution in [0.3, 0.4) is 0 Å². The zero-order chi connectivity index (χ0) is 21.1. The Morgan fingerprint density at radius 3 is 1.97 bits per heavy atom. The first-order chi connectivity index (χ1) is 14.6. The molecule has 0 saturated heterocycles. The fourth-order valence-corrected chi connectivity index (χ4v) is 4.09. The van der Waals surface area contributed by atoms with E-state index in [2.05, 4.69) is 9.97 Å². The summed E-state index contributed by atoms with van der Waals surface area (Å²) >= 11 is 0. The maximum atomic E-state index is 14.2. The minimum Gasteiger partial charge on any atom is -0.497 e. The second-order valence-electron chi connectivity index (χ2n) is 6.42. The van der Waals surface area contributed by atoms with E-state index >= 15 is 0 Å². The van der Waals surface area contributed by atoms with Gasteiger partial charge in [-0.15, -0.1) is 0 Å². The summed E-state index contributed by atoms with van der Waals surface area (Å²) < 4.78 is 37.7. The molecule has 0 aliphatic rings. The summed E-state index contributed by atoms with van der Waals surface area (Å²) in [5.41, 5.74) is 2.95. The van der Waals surface area contributed by atoms with Crippen LogP contribution in [0.15, 0.2) is 82.8 Å². The number of H-pyrrole nitrogens is 1. The van der Waals surface area contributed by atoms with Gasteiger partial charge in [-0.05, 0) is 60.7 Å².